The molecular weight excluding hydrogens is 812 g/mol. The molecule has 2 bridgehead atoms. The summed E-state index contributed by atoms with van der Waals surface area (Å²) < 4.78 is 153. The molecule has 2 aliphatic carbocycles. The number of likely N-dealkylation sites (tertiary alicyclic amines) is 1. The summed E-state index contributed by atoms with van der Waals surface area (Å²) in [5.74, 6) is -5.39. The number of nitrogens with zero attached hydrogens (tertiary/aromatic N) is 5. The molecule has 2 unspecified atom stereocenters. The maximum absolute atomic E-state index is 16.6. The molecule has 5 heterocycles. The summed E-state index contributed by atoms with van der Waals surface area (Å²) in [6.07, 6.45) is -2.66. The number of sulfone groups is 1. The molecule has 2 saturated carbocycles. The van der Waals surface area contributed by atoms with Crippen LogP contribution in [-0.4, -0.2) is 91.4 Å². The Bertz CT molecular complexity index is 2430. The molecule has 2 N–H and O–H groups in total. The number of nitrogens with one attached hydrogen (secondary N) is 2. The summed E-state index contributed by atoms with van der Waals surface area (Å²) >= 11 is 1.18. The molecule has 0 amide bonds. The van der Waals surface area contributed by atoms with E-state index in [1.807, 2.05) is 0 Å². The number of hydrogen-bond acceptors (Lipinski definition) is 11. The number of fused-ring (bicyclic) bond motifs is 3. The quantitative estimate of drug-likeness (QED) is 0.186. The number of thiazole rings is 1. The lowest BCUT2D eigenvalue weighted by molar-refractivity contribution is -0.140. The highest BCUT2D eigenvalue weighted by atomic mass is 32.2. The van der Waals surface area contributed by atoms with E-state index in [2.05, 4.69) is 25.1 Å². The molecule has 3 saturated heterocycles. The van der Waals surface area contributed by atoms with E-state index in [9.17, 15) is 43.2 Å². The first-order chi connectivity index (χ1) is 26.4. The van der Waals surface area contributed by atoms with E-state index in [1.54, 1.807) is 10.8 Å². The van der Waals surface area contributed by atoms with Gasteiger partial charge in [0, 0.05) is 61.9 Å². The van der Waals surface area contributed by atoms with Gasteiger partial charge in [0.2, 0.25) is 5.95 Å². The smallest absolute Gasteiger partial charge is 0.351 e. The van der Waals surface area contributed by atoms with Crippen LogP contribution in [0.4, 0.5) is 47.5 Å². The first-order valence-electron chi connectivity index (χ1n) is 17.8. The van der Waals surface area contributed by atoms with Crippen LogP contribution < -0.4 is 14.9 Å². The fourth-order valence-electron chi connectivity index (χ4n) is 8.68. The first kappa shape index (κ1) is 37.5. The summed E-state index contributed by atoms with van der Waals surface area (Å²) in [4.78, 5) is 16.7. The average Bonchev–Trinajstić information content (AvgIpc) is 3.40. The van der Waals surface area contributed by atoms with Crippen LogP contribution in [0, 0.1) is 23.5 Å². The zero-order chi connectivity index (χ0) is 39.5. The molecule has 2 aromatic heterocycles. The van der Waals surface area contributed by atoms with Crippen molar-refractivity contribution in [3.8, 4) is 21.8 Å². The zero-order valence-corrected chi connectivity index (χ0v) is 31.4. The van der Waals surface area contributed by atoms with E-state index < -0.39 is 59.7 Å². The second-order valence-corrected chi connectivity index (χ2v) is 19.8. The van der Waals surface area contributed by atoms with Crippen molar-refractivity contribution >= 4 is 48.0 Å². The van der Waals surface area contributed by atoms with Crippen LogP contribution in [0.3, 0.4) is 0 Å². The number of anilines is 3. The Balaban J connectivity index is 1.08. The van der Waals surface area contributed by atoms with Crippen molar-refractivity contribution in [3.05, 3.63) is 65.9 Å². The maximum Gasteiger partial charge on any atom is 0.417 e. The number of sulfonamides is 1. The van der Waals surface area contributed by atoms with Gasteiger partial charge in [0.1, 0.15) is 10.7 Å². The van der Waals surface area contributed by atoms with Gasteiger partial charge < -0.3 is 10.2 Å². The van der Waals surface area contributed by atoms with Crippen molar-refractivity contribution in [2.45, 2.75) is 66.8 Å². The van der Waals surface area contributed by atoms with Crippen molar-refractivity contribution in [2.75, 3.05) is 39.5 Å². The average molecular weight is 844 g/mol. The molecule has 56 heavy (non-hydrogen) atoms. The summed E-state index contributed by atoms with van der Waals surface area (Å²) in [7, 11) is -8.43. The first-order valence-corrected chi connectivity index (χ1v) is 21.9. The molecule has 5 atom stereocenters. The fraction of sp³-hybridized carbons (Fsp3) is 0.457. The number of rotatable bonds is 9. The van der Waals surface area contributed by atoms with Crippen LogP contribution in [0.5, 0.6) is 0 Å². The van der Waals surface area contributed by atoms with Crippen LogP contribution in [0.25, 0.3) is 21.8 Å². The number of hydrogen-bond donors (Lipinski definition) is 2. The van der Waals surface area contributed by atoms with E-state index in [0.29, 0.717) is 47.0 Å². The minimum absolute atomic E-state index is 0.0323. The van der Waals surface area contributed by atoms with Gasteiger partial charge in [-0.1, -0.05) is 23.5 Å². The molecule has 0 spiro atoms. The highest BCUT2D eigenvalue weighted by Gasteiger charge is 2.59. The van der Waals surface area contributed by atoms with Crippen molar-refractivity contribution in [3.63, 3.8) is 0 Å². The van der Waals surface area contributed by atoms with Gasteiger partial charge in [-0.15, -0.1) is 0 Å². The third kappa shape index (κ3) is 6.66. The van der Waals surface area contributed by atoms with Gasteiger partial charge in [0.25, 0.3) is 15.9 Å². The Morgan fingerprint density at radius 2 is 1.59 bits per heavy atom. The van der Waals surface area contributed by atoms with Crippen molar-refractivity contribution < 1.29 is 47.6 Å². The lowest BCUT2D eigenvalue weighted by atomic mass is 9.86. The molecule has 4 aromatic rings. The summed E-state index contributed by atoms with van der Waals surface area (Å²) in [6, 6.07) is 6.26. The van der Waals surface area contributed by atoms with E-state index >= 15 is 4.39 Å². The van der Waals surface area contributed by atoms with Crippen LogP contribution in [-0.2, 0) is 26.0 Å². The lowest BCUT2D eigenvalue weighted by Gasteiger charge is -2.49. The summed E-state index contributed by atoms with van der Waals surface area (Å²) in [5.41, 5.74) is -2.42. The van der Waals surface area contributed by atoms with Gasteiger partial charge in [-0.25, -0.2) is 49.3 Å². The predicted octanol–water partition coefficient (Wildman–Crippen LogP) is 6.27. The van der Waals surface area contributed by atoms with E-state index in [4.69, 9.17) is 4.98 Å². The number of benzene rings is 2. The van der Waals surface area contributed by atoms with E-state index in [0.717, 1.165) is 18.9 Å². The summed E-state index contributed by atoms with van der Waals surface area (Å²) in [6.45, 7) is 1.04. The molecule has 11 nitrogen and oxygen atoms in total. The third-order valence-corrected chi connectivity index (χ3v) is 15.7. The molecule has 5 fully saturated rings. The molecule has 298 valence electrons. The van der Waals surface area contributed by atoms with Gasteiger partial charge in [0.15, 0.2) is 20.8 Å². The Morgan fingerprint density at radius 3 is 2.25 bits per heavy atom. The Kier molecular flexibility index (Phi) is 8.68. The Labute approximate surface area is 320 Å². The van der Waals surface area contributed by atoms with E-state index in [-0.39, 0.29) is 77.6 Å². The number of alkyl halides is 5. The second kappa shape index (κ2) is 13.0. The molecule has 2 aromatic carbocycles. The second-order valence-electron chi connectivity index (χ2n) is 15.1. The fourth-order valence-corrected chi connectivity index (χ4v) is 13.4. The van der Waals surface area contributed by atoms with Crippen molar-refractivity contribution in [1.82, 2.24) is 19.9 Å². The lowest BCUT2D eigenvalue weighted by Crippen LogP contribution is -2.61. The SMILES string of the molecule is O=S1(=O)C[C@@H]2[C@H](C1)[C@@H]2Nc1nccc(-c2sc(N3C4CCC3CN(C3CC(F)(F)C3)C4)nc2-c2cccc(NS(=O)(=O)c3c(F)cccc3C(F)(F)F)c2F)n1. The van der Waals surface area contributed by atoms with Gasteiger partial charge in [-0.05, 0) is 55.0 Å². The molecule has 0 radical (unpaired) electrons. The Morgan fingerprint density at radius 1 is 0.911 bits per heavy atom. The van der Waals surface area contributed by atoms with Crippen molar-refractivity contribution in [1.29, 1.82) is 0 Å². The molecular formula is C35H32F7N7O4S3. The number of piperazine rings is 1. The minimum atomic E-state index is -5.33. The highest BCUT2D eigenvalue weighted by Crippen LogP contribution is 2.50. The van der Waals surface area contributed by atoms with Crippen LogP contribution in [0.1, 0.15) is 31.2 Å². The molecule has 9 rings (SSSR count). The summed E-state index contributed by atoms with van der Waals surface area (Å²) in [5, 5.41) is 3.67. The van der Waals surface area contributed by atoms with Gasteiger partial charge in [-0.3, -0.25) is 9.62 Å². The Hall–Kier alpha value is -4.08. The van der Waals surface area contributed by atoms with E-state index in [1.165, 1.54) is 29.7 Å². The van der Waals surface area contributed by atoms with Gasteiger partial charge >= 0.3 is 6.18 Å². The van der Waals surface area contributed by atoms with Gasteiger partial charge in [0.05, 0.1) is 39.0 Å². The zero-order valence-electron chi connectivity index (χ0n) is 29.0. The normalized spacial score (nSPS) is 26.8. The third-order valence-electron chi connectivity index (χ3n) is 11.4. The predicted molar refractivity (Wildman–Crippen MR) is 193 cm³/mol. The maximum atomic E-state index is 16.6. The minimum Gasteiger partial charge on any atom is -0.351 e. The topological polar surface area (TPSA) is 137 Å². The number of aromatic nitrogens is 3. The van der Waals surface area contributed by atoms with Crippen molar-refractivity contribution in [2.24, 2.45) is 11.8 Å². The van der Waals surface area contributed by atoms with Crippen LogP contribution >= 0.6 is 11.3 Å². The highest BCUT2D eigenvalue weighted by molar-refractivity contribution is 7.92. The molecule has 5 aliphatic rings. The number of halogens is 7. The monoisotopic (exact) mass is 843 g/mol. The molecule has 21 heteroatoms. The van der Waals surface area contributed by atoms with Crippen LogP contribution in [0.2, 0.25) is 0 Å². The largest absolute Gasteiger partial charge is 0.417 e. The molecule has 3 aliphatic heterocycles. The standard InChI is InChI=1S/C35H32F7N7O4S3/c36-24-5-2-4-23(35(40,41)42)31(24)56(52,53)47-25-6-1-3-20(27(25)37)29-30(26-9-10-43-32(44-26)45-28-21-15-55(50,51)16-22(21)28)54-33(46-29)49-17-7-8-18(49)14-48(13-17)19-11-34(38,39)12-19/h1-6,9-10,17-19,21-22,28,47H,7-8,11-16H2,(H,43,44,45)/t17?,18?,21-,22+,28-. The van der Waals surface area contributed by atoms with Crippen LogP contribution in [0.15, 0.2) is 53.6 Å². The van der Waals surface area contributed by atoms with Gasteiger partial charge in [-0.2, -0.15) is 13.2 Å².